The Hall–Kier alpha value is -0.930. The molecule has 204 valence electrons. The molecular weight excluding hydrogens is 699 g/mol. The zero-order valence-electron chi connectivity index (χ0n) is 18.8. The molecule has 39 heavy (non-hydrogen) atoms. The van der Waals surface area contributed by atoms with Crippen molar-refractivity contribution < 1.29 is 19.2 Å². The van der Waals surface area contributed by atoms with Gasteiger partial charge >= 0.3 is 0 Å². The first-order chi connectivity index (χ1) is 18.1. The lowest BCUT2D eigenvalue weighted by Gasteiger charge is -2.36. The highest BCUT2D eigenvalue weighted by Gasteiger charge is 2.88. The second-order valence-electron chi connectivity index (χ2n) is 8.96. The number of ketones is 1. The van der Waals surface area contributed by atoms with Gasteiger partial charge in [0.15, 0.2) is 10.1 Å². The lowest BCUT2D eigenvalue weighted by Crippen LogP contribution is -2.56. The summed E-state index contributed by atoms with van der Waals surface area (Å²) in [6.45, 7) is -0.811. The van der Waals surface area contributed by atoms with E-state index in [0.29, 0.717) is 10.0 Å². The third-order valence-corrected chi connectivity index (χ3v) is 12.1. The summed E-state index contributed by atoms with van der Waals surface area (Å²) in [4.78, 5) is 50.7. The van der Waals surface area contributed by atoms with E-state index in [1.54, 1.807) is 6.07 Å². The van der Waals surface area contributed by atoms with E-state index in [1.165, 1.54) is 36.4 Å². The van der Waals surface area contributed by atoms with Crippen molar-refractivity contribution in [1.82, 2.24) is 10.0 Å². The molecule has 2 aliphatic carbocycles. The Kier molecular flexibility index (Phi) is 7.45. The van der Waals surface area contributed by atoms with Crippen LogP contribution >= 0.6 is 104 Å². The number of alkyl halides is 4. The predicted octanol–water partition coefficient (Wildman–Crippen LogP) is 7.33. The number of carbonyl (C=O) groups is 4. The van der Waals surface area contributed by atoms with Gasteiger partial charge in [-0.15, -0.1) is 23.2 Å². The van der Waals surface area contributed by atoms with Crippen LogP contribution in [0.3, 0.4) is 0 Å². The first kappa shape index (κ1) is 29.6. The van der Waals surface area contributed by atoms with Crippen LogP contribution in [0.5, 0.6) is 0 Å². The molecule has 0 aromatic heterocycles. The van der Waals surface area contributed by atoms with Crippen molar-refractivity contribution in [2.24, 2.45) is 11.8 Å². The van der Waals surface area contributed by atoms with Crippen molar-refractivity contribution in [3.05, 3.63) is 78.7 Å². The minimum absolute atomic E-state index is 0.000232. The highest BCUT2D eigenvalue weighted by atomic mass is 35.5. The number of nitrogens with zero attached hydrogens (tertiary/aromatic N) is 2. The maximum Gasteiger partial charge on any atom is 0.274 e. The van der Waals surface area contributed by atoms with Crippen LogP contribution in [-0.2, 0) is 9.59 Å². The van der Waals surface area contributed by atoms with Crippen LogP contribution in [0.15, 0.2) is 52.5 Å². The number of hydrogen-bond donors (Lipinski definition) is 0. The summed E-state index contributed by atoms with van der Waals surface area (Å²) >= 11 is 57.7. The molecule has 1 saturated carbocycles. The van der Waals surface area contributed by atoms with Gasteiger partial charge in [0.05, 0.1) is 37.5 Å². The van der Waals surface area contributed by atoms with Crippen molar-refractivity contribution in [2.45, 2.75) is 14.1 Å². The normalized spacial score (nSPS) is 28.8. The minimum Gasteiger partial charge on any atom is -0.292 e. The van der Waals surface area contributed by atoms with Gasteiger partial charge in [-0.05, 0) is 30.3 Å². The Labute approximate surface area is 266 Å². The zero-order valence-corrected chi connectivity index (χ0v) is 25.6. The van der Waals surface area contributed by atoms with Crippen LogP contribution < -0.4 is 0 Å². The van der Waals surface area contributed by atoms with Crippen LogP contribution in [0, 0.1) is 11.8 Å². The number of imide groups is 1. The third kappa shape index (κ3) is 3.83. The molecule has 15 heteroatoms. The number of Topliss-reactive ketones (excluding diaryl/α,β-unsaturated/α-hetero) is 1. The fourth-order valence-electron chi connectivity index (χ4n) is 5.16. The summed E-state index contributed by atoms with van der Waals surface area (Å²) < 4.78 is -2.17. The molecule has 2 aromatic rings. The maximum atomic E-state index is 13.9. The van der Waals surface area contributed by atoms with Crippen LogP contribution in [0.4, 0.5) is 0 Å². The van der Waals surface area contributed by atoms with Gasteiger partial charge in [0.25, 0.3) is 17.7 Å². The third-order valence-electron chi connectivity index (χ3n) is 6.99. The summed E-state index contributed by atoms with van der Waals surface area (Å²) in [6.07, 6.45) is 0. The number of hydrazine groups is 1. The van der Waals surface area contributed by atoms with Gasteiger partial charge in [0.2, 0.25) is 0 Å². The Morgan fingerprint density at radius 1 is 0.769 bits per heavy atom. The molecule has 6 nitrogen and oxygen atoms in total. The molecule has 0 radical (unpaired) electrons. The second-order valence-corrected chi connectivity index (χ2v) is 13.5. The topological polar surface area (TPSA) is 74.8 Å². The molecule has 3 amide bonds. The number of benzene rings is 2. The second kappa shape index (κ2) is 9.82. The van der Waals surface area contributed by atoms with E-state index >= 15 is 0 Å². The van der Waals surface area contributed by atoms with Gasteiger partial charge in [-0.1, -0.05) is 93.3 Å². The molecule has 1 saturated heterocycles. The van der Waals surface area contributed by atoms with Crippen molar-refractivity contribution >= 4 is 128 Å². The highest BCUT2D eigenvalue weighted by molar-refractivity contribution is 6.67. The van der Waals surface area contributed by atoms with E-state index < -0.39 is 56.0 Å². The van der Waals surface area contributed by atoms with Crippen molar-refractivity contribution in [3.8, 4) is 0 Å². The van der Waals surface area contributed by atoms with Crippen LogP contribution in [0.2, 0.25) is 15.1 Å². The van der Waals surface area contributed by atoms with E-state index in [2.05, 4.69) is 0 Å². The molecule has 2 bridgehead atoms. The van der Waals surface area contributed by atoms with Gasteiger partial charge in [0.1, 0.15) is 16.3 Å². The first-order valence-electron chi connectivity index (χ1n) is 10.9. The van der Waals surface area contributed by atoms with E-state index in [4.69, 9.17) is 104 Å². The Morgan fingerprint density at radius 2 is 1.31 bits per heavy atom. The Balaban J connectivity index is 1.62. The minimum atomic E-state index is -2.17. The van der Waals surface area contributed by atoms with Gasteiger partial charge < -0.3 is 0 Å². The molecule has 0 unspecified atom stereocenters. The van der Waals surface area contributed by atoms with E-state index in [0.717, 1.165) is 0 Å². The summed E-state index contributed by atoms with van der Waals surface area (Å²) in [5, 5.41) is 0.775. The van der Waals surface area contributed by atoms with E-state index in [1.807, 2.05) is 0 Å². The summed E-state index contributed by atoms with van der Waals surface area (Å²) in [7, 11) is 0. The average molecular weight is 710 g/mol. The van der Waals surface area contributed by atoms with Crippen LogP contribution in [-0.4, -0.2) is 54.1 Å². The van der Waals surface area contributed by atoms with Crippen LogP contribution in [0.1, 0.15) is 20.7 Å². The fourth-order valence-corrected chi connectivity index (χ4v) is 8.82. The Morgan fingerprint density at radius 3 is 1.82 bits per heavy atom. The largest absolute Gasteiger partial charge is 0.292 e. The molecule has 5 rings (SSSR count). The highest BCUT2D eigenvalue weighted by Crippen LogP contribution is 2.77. The van der Waals surface area contributed by atoms with Gasteiger partial charge in [-0.3, -0.25) is 19.2 Å². The molecule has 1 heterocycles. The number of amides is 3. The van der Waals surface area contributed by atoms with Gasteiger partial charge in [-0.25, -0.2) is 5.01 Å². The molecule has 0 spiro atoms. The summed E-state index contributed by atoms with van der Waals surface area (Å²) in [5.74, 6) is -6.77. The number of carbonyl (C=O) groups excluding carboxylic acids is 4. The van der Waals surface area contributed by atoms with Gasteiger partial charge in [0, 0.05) is 10.6 Å². The monoisotopic (exact) mass is 706 g/mol. The van der Waals surface area contributed by atoms with Crippen LogP contribution in [0.25, 0.3) is 0 Å². The molecule has 2 fully saturated rings. The lowest BCUT2D eigenvalue weighted by atomic mass is 9.84. The number of halogens is 9. The fraction of sp³-hybridized carbons (Fsp3) is 0.250. The zero-order chi connectivity index (χ0) is 28.8. The maximum absolute atomic E-state index is 13.9. The molecule has 1 aliphatic heterocycles. The molecule has 3 aliphatic rings. The summed E-state index contributed by atoms with van der Waals surface area (Å²) in [6, 6.07) is 9.95. The predicted molar refractivity (Wildman–Crippen MR) is 152 cm³/mol. The lowest BCUT2D eigenvalue weighted by molar-refractivity contribution is -0.154. The van der Waals surface area contributed by atoms with Gasteiger partial charge in [-0.2, -0.15) is 5.01 Å². The summed E-state index contributed by atoms with van der Waals surface area (Å²) in [5.41, 5.74) is -0.123. The van der Waals surface area contributed by atoms with Crippen molar-refractivity contribution in [1.29, 1.82) is 0 Å². The van der Waals surface area contributed by atoms with Crippen molar-refractivity contribution in [2.75, 3.05) is 6.54 Å². The van der Waals surface area contributed by atoms with Crippen molar-refractivity contribution in [3.63, 3.8) is 0 Å². The number of hydrogen-bond acceptors (Lipinski definition) is 4. The number of fused-ring (bicyclic) bond motifs is 5. The number of allylic oxidation sites excluding steroid dienone is 2. The van der Waals surface area contributed by atoms with E-state index in [-0.39, 0.29) is 36.3 Å². The quantitative estimate of drug-likeness (QED) is 0.185. The standard InChI is InChI=1S/C24H11Cl9N2O4/c25-9-5-6-10(13(27)7-9)14(36)8-34(19(37)11-3-1-2-4-12(11)26)35-20(38)15-16(21(35)39)23(31)18(29)17(28)22(15,30)24(23,32)33/h1-7,15-16H,8H2/t15-,16-,22+,23+/m0/s1. The SMILES string of the molecule is O=C(CN(C(=O)c1ccccc1Cl)N1C(=O)[C@@H]2[C@@H](C1=O)[C@@]1(Cl)C(Cl)=C(Cl)[C@@]2(Cl)C1(Cl)Cl)c1ccc(Cl)cc1Cl. The first-order valence-corrected chi connectivity index (χ1v) is 14.3. The average Bonchev–Trinajstić information content (AvgIpc) is 3.25. The Bertz CT molecular complexity index is 1480. The number of rotatable bonds is 5. The van der Waals surface area contributed by atoms with E-state index in [9.17, 15) is 19.2 Å². The molecule has 2 aromatic carbocycles. The molecule has 0 N–H and O–H groups in total. The molecule has 4 atom stereocenters. The molecular formula is C24H11Cl9N2O4. The smallest absolute Gasteiger partial charge is 0.274 e.